The fourth-order valence-electron chi connectivity index (χ4n) is 4.05. The second kappa shape index (κ2) is 10.4. The zero-order valence-corrected chi connectivity index (χ0v) is 20.4. The van der Waals surface area contributed by atoms with Crippen molar-refractivity contribution in [2.24, 2.45) is 10.1 Å². The van der Waals surface area contributed by atoms with Gasteiger partial charge in [0.15, 0.2) is 11.0 Å². The van der Waals surface area contributed by atoms with Crippen LogP contribution >= 0.6 is 11.8 Å². The van der Waals surface area contributed by atoms with Crippen LogP contribution in [-0.4, -0.2) is 58.3 Å². The first-order valence-corrected chi connectivity index (χ1v) is 12.6. The Kier molecular flexibility index (Phi) is 6.85. The highest BCUT2D eigenvalue weighted by atomic mass is 32.2. The number of fused-ring (bicyclic) bond motifs is 1. The van der Waals surface area contributed by atoms with Gasteiger partial charge in [-0.3, -0.25) is 10.2 Å². The molecule has 0 radical (unpaired) electrons. The van der Waals surface area contributed by atoms with E-state index in [9.17, 15) is 4.79 Å². The van der Waals surface area contributed by atoms with Crippen LogP contribution in [0.25, 0.3) is 6.08 Å². The molecule has 2 aromatic carbocycles. The average Bonchev–Trinajstić information content (AvgIpc) is 3.30. The van der Waals surface area contributed by atoms with E-state index in [0.29, 0.717) is 24.1 Å². The lowest BCUT2D eigenvalue weighted by molar-refractivity contribution is -0.114. The lowest BCUT2D eigenvalue weighted by Gasteiger charge is -2.26. The summed E-state index contributed by atoms with van der Waals surface area (Å²) in [5.41, 5.74) is 2.16. The predicted octanol–water partition coefficient (Wildman–Crippen LogP) is 4.52. The summed E-state index contributed by atoms with van der Waals surface area (Å²) < 4.78 is 11.5. The van der Waals surface area contributed by atoms with Gasteiger partial charge in [0, 0.05) is 13.1 Å². The Morgan fingerprint density at radius 1 is 1.00 bits per heavy atom. The molecular weight excluding hydrogens is 462 g/mol. The summed E-state index contributed by atoms with van der Waals surface area (Å²) in [6, 6.07) is 15.3. The number of hydrogen-bond donors (Lipinski definition) is 1. The van der Waals surface area contributed by atoms with Crippen LogP contribution in [0.1, 0.15) is 30.4 Å². The molecule has 1 fully saturated rings. The summed E-state index contributed by atoms with van der Waals surface area (Å²) in [7, 11) is 0. The highest BCUT2D eigenvalue weighted by molar-refractivity contribution is 8.26. The van der Waals surface area contributed by atoms with Crippen molar-refractivity contribution in [1.29, 1.82) is 5.41 Å². The summed E-state index contributed by atoms with van der Waals surface area (Å²) in [5, 5.41) is 15.9. The third-order valence-electron chi connectivity index (χ3n) is 5.87. The van der Waals surface area contributed by atoms with Gasteiger partial charge in [0.25, 0.3) is 5.91 Å². The van der Waals surface area contributed by atoms with E-state index in [0.717, 1.165) is 48.0 Å². The van der Waals surface area contributed by atoms with E-state index in [1.807, 2.05) is 55.5 Å². The van der Waals surface area contributed by atoms with Gasteiger partial charge in [0.05, 0.1) is 5.57 Å². The fraction of sp³-hybridized carbons (Fsp3) is 0.308. The van der Waals surface area contributed by atoms with Crippen molar-refractivity contribution in [3.63, 3.8) is 0 Å². The number of piperidine rings is 1. The van der Waals surface area contributed by atoms with Gasteiger partial charge >= 0.3 is 0 Å². The molecule has 0 aromatic heterocycles. The molecule has 0 spiro atoms. The zero-order chi connectivity index (χ0) is 24.2. The number of nitrogens with one attached hydrogen (secondary N) is 1. The van der Waals surface area contributed by atoms with Gasteiger partial charge in [-0.1, -0.05) is 24.3 Å². The van der Waals surface area contributed by atoms with Gasteiger partial charge < -0.3 is 14.4 Å². The summed E-state index contributed by atoms with van der Waals surface area (Å²) >= 11 is 1.36. The molecule has 0 bridgehead atoms. The van der Waals surface area contributed by atoms with Crippen molar-refractivity contribution in [2.75, 3.05) is 26.3 Å². The second-order valence-electron chi connectivity index (χ2n) is 8.53. The van der Waals surface area contributed by atoms with Gasteiger partial charge in [0.2, 0.25) is 5.17 Å². The number of nitrogens with zero attached hydrogens (tertiary/aromatic N) is 4. The lowest BCUT2D eigenvalue weighted by Crippen LogP contribution is -2.35. The maximum Gasteiger partial charge on any atom is 0.283 e. The van der Waals surface area contributed by atoms with E-state index in [1.54, 1.807) is 6.08 Å². The standard InChI is InChI=1S/C26H27N5O3S/c1-18-6-5-7-21(16-18)34-15-14-33-20-10-8-19(9-11-20)17-22-23(27)31-25(28-24(22)32)35-26(29-31)30-12-3-2-4-13-30/h5-11,16-17,27H,2-4,12-15H2,1H3/b22-17-,27-23?. The van der Waals surface area contributed by atoms with Crippen LogP contribution < -0.4 is 9.47 Å². The molecule has 5 rings (SSSR count). The lowest BCUT2D eigenvalue weighted by atomic mass is 10.1. The number of carbonyl (C=O) groups is 1. The maximum atomic E-state index is 12.7. The van der Waals surface area contributed by atoms with E-state index in [-0.39, 0.29) is 11.4 Å². The number of hydrazone groups is 1. The van der Waals surface area contributed by atoms with E-state index in [2.05, 4.69) is 15.0 Å². The van der Waals surface area contributed by atoms with Crippen LogP contribution in [0.5, 0.6) is 11.5 Å². The van der Waals surface area contributed by atoms with Crippen molar-refractivity contribution in [1.82, 2.24) is 9.91 Å². The van der Waals surface area contributed by atoms with E-state index < -0.39 is 5.91 Å². The molecule has 0 atom stereocenters. The number of aliphatic imine (C=N–C) groups is 1. The smallest absolute Gasteiger partial charge is 0.283 e. The Labute approximate surface area is 208 Å². The zero-order valence-electron chi connectivity index (χ0n) is 19.6. The minimum atomic E-state index is -0.419. The van der Waals surface area contributed by atoms with E-state index in [1.165, 1.54) is 23.2 Å². The SMILES string of the molecule is Cc1cccc(OCCOc2ccc(/C=C3/C(=N)N4N=C(N5CCCCC5)SC4=NC3=O)cc2)c1. The van der Waals surface area contributed by atoms with Crippen LogP contribution in [0, 0.1) is 12.3 Å². The Morgan fingerprint density at radius 3 is 2.49 bits per heavy atom. The molecule has 0 unspecified atom stereocenters. The van der Waals surface area contributed by atoms with Gasteiger partial charge in [-0.05, 0) is 79.4 Å². The Bertz CT molecular complexity index is 1220. The monoisotopic (exact) mass is 489 g/mol. The number of aryl methyl sites for hydroxylation is 1. The molecule has 3 heterocycles. The maximum absolute atomic E-state index is 12.7. The first-order valence-electron chi connectivity index (χ1n) is 11.7. The van der Waals surface area contributed by atoms with E-state index >= 15 is 0 Å². The van der Waals surface area contributed by atoms with Crippen molar-refractivity contribution in [3.8, 4) is 11.5 Å². The predicted molar refractivity (Wildman–Crippen MR) is 139 cm³/mol. The Morgan fingerprint density at radius 2 is 1.74 bits per heavy atom. The molecule has 1 saturated heterocycles. The highest BCUT2D eigenvalue weighted by Crippen LogP contribution is 2.30. The molecule has 2 aromatic rings. The van der Waals surface area contributed by atoms with Crippen molar-refractivity contribution in [3.05, 3.63) is 65.2 Å². The number of likely N-dealkylation sites (tertiary alicyclic amines) is 1. The third-order valence-corrected chi connectivity index (χ3v) is 6.84. The van der Waals surface area contributed by atoms with Crippen LogP contribution in [0.15, 0.2) is 64.2 Å². The van der Waals surface area contributed by atoms with Crippen molar-refractivity contribution >= 4 is 39.9 Å². The first kappa shape index (κ1) is 23.2. The van der Waals surface area contributed by atoms with Gasteiger partial charge in [0.1, 0.15) is 24.7 Å². The van der Waals surface area contributed by atoms with Crippen molar-refractivity contribution in [2.45, 2.75) is 26.2 Å². The van der Waals surface area contributed by atoms with Gasteiger partial charge in [-0.15, -0.1) is 5.10 Å². The van der Waals surface area contributed by atoms with Crippen LogP contribution in [0.4, 0.5) is 0 Å². The number of amides is 1. The molecule has 1 N–H and O–H groups in total. The van der Waals surface area contributed by atoms with Crippen molar-refractivity contribution < 1.29 is 14.3 Å². The van der Waals surface area contributed by atoms with Crippen LogP contribution in [0.2, 0.25) is 0 Å². The molecule has 8 nitrogen and oxygen atoms in total. The summed E-state index contributed by atoms with van der Waals surface area (Å²) in [6.07, 6.45) is 5.17. The highest BCUT2D eigenvalue weighted by Gasteiger charge is 2.37. The number of benzene rings is 2. The molecule has 0 saturated carbocycles. The molecule has 3 aliphatic rings. The molecule has 180 valence electrons. The van der Waals surface area contributed by atoms with Crippen LogP contribution in [-0.2, 0) is 4.79 Å². The first-order chi connectivity index (χ1) is 17.1. The van der Waals surface area contributed by atoms with Gasteiger partial charge in [-0.2, -0.15) is 10.0 Å². The van der Waals surface area contributed by atoms with Gasteiger partial charge in [-0.25, -0.2) is 0 Å². The summed E-state index contributed by atoms with van der Waals surface area (Å²) in [4.78, 5) is 19.1. The minimum absolute atomic E-state index is 0.0492. The largest absolute Gasteiger partial charge is 0.490 e. The Hall–Kier alpha value is -3.59. The number of carbonyl (C=O) groups excluding carboxylic acids is 1. The number of ether oxygens (including phenoxy) is 2. The minimum Gasteiger partial charge on any atom is -0.490 e. The average molecular weight is 490 g/mol. The third kappa shape index (κ3) is 5.40. The topological polar surface area (TPSA) is 90.6 Å². The molecule has 3 aliphatic heterocycles. The molecule has 35 heavy (non-hydrogen) atoms. The Balaban J connectivity index is 1.20. The number of amidine groups is 3. The number of thioether (sulfide) groups is 1. The molecule has 0 aliphatic carbocycles. The quantitative estimate of drug-likeness (QED) is 0.474. The number of hydrogen-bond acceptors (Lipinski definition) is 7. The fourth-order valence-corrected chi connectivity index (χ4v) is 4.99. The number of rotatable bonds is 6. The second-order valence-corrected chi connectivity index (χ2v) is 9.47. The summed E-state index contributed by atoms with van der Waals surface area (Å²) in [6.45, 7) is 4.78. The normalized spacial score (nSPS) is 18.9. The molecule has 9 heteroatoms. The summed E-state index contributed by atoms with van der Waals surface area (Å²) in [5.74, 6) is 1.16. The van der Waals surface area contributed by atoms with E-state index in [4.69, 9.17) is 14.9 Å². The van der Waals surface area contributed by atoms with Crippen LogP contribution in [0.3, 0.4) is 0 Å². The molecular formula is C26H27N5O3S. The molecule has 1 amide bonds.